The van der Waals surface area contributed by atoms with Crippen LogP contribution in [-0.4, -0.2) is 31.1 Å². The number of rotatable bonds is 3. The van der Waals surface area contributed by atoms with Crippen LogP contribution in [0.15, 0.2) is 0 Å². The minimum atomic E-state index is -0.846. The van der Waals surface area contributed by atoms with Crippen molar-refractivity contribution in [3.63, 3.8) is 0 Å². The summed E-state index contributed by atoms with van der Waals surface area (Å²) in [4.78, 5) is 23.2. The number of hydrogen-bond donors (Lipinski definition) is 2. The van der Waals surface area contributed by atoms with Crippen LogP contribution in [0.1, 0.15) is 38.5 Å². The van der Waals surface area contributed by atoms with Crippen molar-refractivity contribution in [1.82, 2.24) is 5.32 Å². The minimum absolute atomic E-state index is 0. The smallest absolute Gasteiger partial charge is 0.331 e. The van der Waals surface area contributed by atoms with E-state index in [2.05, 4.69) is 5.32 Å². The van der Waals surface area contributed by atoms with Gasteiger partial charge in [-0.25, -0.2) is 4.79 Å². The van der Waals surface area contributed by atoms with Crippen LogP contribution in [0.25, 0.3) is 0 Å². The van der Waals surface area contributed by atoms with Gasteiger partial charge in [-0.15, -0.1) is 12.4 Å². The van der Waals surface area contributed by atoms with E-state index in [1.54, 1.807) is 0 Å². The number of amides is 1. The molecular formula is C11H21ClN2O3. The summed E-state index contributed by atoms with van der Waals surface area (Å²) in [6.07, 6.45) is 5.34. The van der Waals surface area contributed by atoms with Crippen molar-refractivity contribution in [2.24, 2.45) is 5.73 Å². The first kappa shape index (κ1) is 16.2. The zero-order chi connectivity index (χ0) is 12.0. The molecule has 0 spiro atoms. The van der Waals surface area contributed by atoms with Crippen LogP contribution < -0.4 is 11.1 Å². The lowest BCUT2D eigenvalue weighted by atomic mass is 9.90. The molecule has 0 aromatic carbocycles. The number of ether oxygens (including phenoxy) is 1. The number of hydrogen-bond acceptors (Lipinski definition) is 4. The Morgan fingerprint density at radius 3 is 2.18 bits per heavy atom. The third kappa shape index (κ3) is 4.16. The molecule has 1 aliphatic carbocycles. The van der Waals surface area contributed by atoms with Crippen molar-refractivity contribution in [3.8, 4) is 0 Å². The summed E-state index contributed by atoms with van der Waals surface area (Å²) in [5, 5.41) is 2.73. The van der Waals surface area contributed by atoms with E-state index < -0.39 is 5.54 Å². The molecule has 0 aromatic rings. The Bertz CT molecular complexity index is 263. The molecule has 0 unspecified atom stereocenters. The molecule has 1 amide bonds. The highest BCUT2D eigenvalue weighted by Gasteiger charge is 2.40. The van der Waals surface area contributed by atoms with Crippen molar-refractivity contribution in [2.45, 2.75) is 44.1 Å². The van der Waals surface area contributed by atoms with Crippen molar-refractivity contribution in [2.75, 3.05) is 13.7 Å². The maximum atomic E-state index is 11.8. The number of methoxy groups -OCH3 is 1. The summed E-state index contributed by atoms with van der Waals surface area (Å²) in [7, 11) is 1.35. The topological polar surface area (TPSA) is 81.4 Å². The van der Waals surface area contributed by atoms with Crippen LogP contribution >= 0.6 is 12.4 Å². The molecule has 0 heterocycles. The molecule has 0 radical (unpaired) electrons. The van der Waals surface area contributed by atoms with E-state index in [0.29, 0.717) is 12.8 Å². The van der Waals surface area contributed by atoms with Crippen LogP contribution in [0.4, 0.5) is 0 Å². The molecule has 0 aromatic heterocycles. The highest BCUT2D eigenvalue weighted by molar-refractivity contribution is 5.88. The average Bonchev–Trinajstić information content (AvgIpc) is 2.54. The Morgan fingerprint density at radius 1 is 1.24 bits per heavy atom. The van der Waals surface area contributed by atoms with Gasteiger partial charge in [-0.1, -0.05) is 25.7 Å². The largest absolute Gasteiger partial charge is 0.467 e. The van der Waals surface area contributed by atoms with E-state index in [-0.39, 0.29) is 30.8 Å². The van der Waals surface area contributed by atoms with Gasteiger partial charge in [-0.2, -0.15) is 0 Å². The summed E-state index contributed by atoms with van der Waals surface area (Å²) in [6.45, 7) is -0.0985. The van der Waals surface area contributed by atoms with Gasteiger partial charge in [0.05, 0.1) is 13.7 Å². The van der Waals surface area contributed by atoms with Gasteiger partial charge < -0.3 is 15.8 Å². The number of halogens is 1. The lowest BCUT2D eigenvalue weighted by Crippen LogP contribution is -2.56. The monoisotopic (exact) mass is 264 g/mol. The molecule has 1 saturated carbocycles. The van der Waals surface area contributed by atoms with Gasteiger partial charge in [-0.05, 0) is 12.8 Å². The molecule has 6 heteroatoms. The van der Waals surface area contributed by atoms with Gasteiger partial charge in [0.15, 0.2) is 0 Å². The van der Waals surface area contributed by atoms with Crippen LogP contribution in [0.3, 0.4) is 0 Å². The molecule has 100 valence electrons. The number of nitrogens with two attached hydrogens (primary N) is 1. The van der Waals surface area contributed by atoms with E-state index in [1.165, 1.54) is 7.11 Å². The minimum Gasteiger partial charge on any atom is -0.467 e. The predicted octanol–water partition coefficient (Wildman–Crippen LogP) is 0.749. The van der Waals surface area contributed by atoms with Gasteiger partial charge in [0.25, 0.3) is 0 Å². The number of carbonyl (C=O) groups is 2. The zero-order valence-corrected chi connectivity index (χ0v) is 11.0. The highest BCUT2D eigenvalue weighted by atomic mass is 35.5. The molecule has 0 atom stereocenters. The van der Waals surface area contributed by atoms with Gasteiger partial charge in [0, 0.05) is 0 Å². The van der Waals surface area contributed by atoms with Crippen LogP contribution in [0.2, 0.25) is 0 Å². The van der Waals surface area contributed by atoms with Crippen molar-refractivity contribution in [1.29, 1.82) is 0 Å². The molecule has 3 N–H and O–H groups in total. The van der Waals surface area contributed by atoms with Crippen molar-refractivity contribution < 1.29 is 14.3 Å². The second-order valence-corrected chi connectivity index (χ2v) is 4.24. The lowest BCUT2D eigenvalue weighted by Gasteiger charge is -2.30. The van der Waals surface area contributed by atoms with Crippen LogP contribution in [-0.2, 0) is 14.3 Å². The molecule has 1 aliphatic rings. The summed E-state index contributed by atoms with van der Waals surface area (Å²) in [5.41, 5.74) is 4.42. The van der Waals surface area contributed by atoms with E-state index in [4.69, 9.17) is 10.5 Å². The Kier molecular flexibility index (Phi) is 7.15. The number of esters is 1. The standard InChI is InChI=1S/C11H20N2O3.ClH/c1-16-10(15)11(13-9(14)8-12)6-4-2-3-5-7-11;/h2-8,12H2,1H3,(H,13,14);1H. The maximum Gasteiger partial charge on any atom is 0.331 e. The Morgan fingerprint density at radius 2 is 1.76 bits per heavy atom. The number of nitrogens with one attached hydrogen (secondary N) is 1. The van der Waals surface area contributed by atoms with E-state index in [1.807, 2.05) is 0 Å². The molecule has 1 rings (SSSR count). The van der Waals surface area contributed by atoms with E-state index >= 15 is 0 Å². The fourth-order valence-electron chi connectivity index (χ4n) is 2.23. The Labute approximate surface area is 108 Å². The fourth-order valence-corrected chi connectivity index (χ4v) is 2.23. The Balaban J connectivity index is 0.00000256. The van der Waals surface area contributed by atoms with Gasteiger partial charge in [0.1, 0.15) is 5.54 Å². The fraction of sp³-hybridized carbons (Fsp3) is 0.818. The van der Waals surface area contributed by atoms with E-state index in [9.17, 15) is 9.59 Å². The highest BCUT2D eigenvalue weighted by Crippen LogP contribution is 2.28. The Hall–Kier alpha value is -0.810. The molecular weight excluding hydrogens is 244 g/mol. The SMILES string of the molecule is COC(=O)C1(NC(=O)CN)CCCCCC1.Cl. The first-order valence-corrected chi connectivity index (χ1v) is 5.74. The molecule has 0 bridgehead atoms. The normalized spacial score (nSPS) is 18.5. The summed E-state index contributed by atoms with van der Waals surface area (Å²) in [5.74, 6) is -0.650. The first-order chi connectivity index (χ1) is 7.64. The number of carbonyl (C=O) groups excluding carboxylic acids is 2. The van der Waals surface area contributed by atoms with Gasteiger partial charge in [-0.3, -0.25) is 4.79 Å². The lowest BCUT2D eigenvalue weighted by molar-refractivity contribution is -0.151. The van der Waals surface area contributed by atoms with Gasteiger partial charge in [0.2, 0.25) is 5.91 Å². The quantitative estimate of drug-likeness (QED) is 0.582. The molecule has 0 saturated heterocycles. The zero-order valence-electron chi connectivity index (χ0n) is 10.2. The predicted molar refractivity (Wildman–Crippen MR) is 66.9 cm³/mol. The average molecular weight is 265 g/mol. The maximum absolute atomic E-state index is 11.8. The van der Waals surface area contributed by atoms with Crippen molar-refractivity contribution in [3.05, 3.63) is 0 Å². The molecule has 0 aliphatic heterocycles. The molecule has 17 heavy (non-hydrogen) atoms. The third-order valence-corrected chi connectivity index (χ3v) is 3.10. The van der Waals surface area contributed by atoms with E-state index in [0.717, 1.165) is 25.7 Å². The van der Waals surface area contributed by atoms with Crippen LogP contribution in [0, 0.1) is 0 Å². The second-order valence-electron chi connectivity index (χ2n) is 4.24. The van der Waals surface area contributed by atoms with Crippen molar-refractivity contribution >= 4 is 24.3 Å². The third-order valence-electron chi connectivity index (χ3n) is 3.10. The molecule has 1 fully saturated rings. The van der Waals surface area contributed by atoms with Crippen LogP contribution in [0.5, 0.6) is 0 Å². The summed E-state index contributed by atoms with van der Waals surface area (Å²) in [6, 6.07) is 0. The second kappa shape index (κ2) is 7.50. The summed E-state index contributed by atoms with van der Waals surface area (Å²) >= 11 is 0. The summed E-state index contributed by atoms with van der Waals surface area (Å²) < 4.78 is 4.80. The molecule has 5 nitrogen and oxygen atoms in total. The first-order valence-electron chi connectivity index (χ1n) is 5.74. The van der Waals surface area contributed by atoms with Gasteiger partial charge >= 0.3 is 5.97 Å².